The second kappa shape index (κ2) is 7.54. The molecule has 100 valence electrons. The first-order valence-electron chi connectivity index (χ1n) is 6.72. The molecule has 0 aromatic heterocycles. The van der Waals surface area contributed by atoms with E-state index in [-0.39, 0.29) is 0 Å². The van der Waals surface area contributed by atoms with Crippen LogP contribution in [-0.4, -0.2) is 5.16 Å². The Kier molecular flexibility index (Phi) is 5.43. The second-order valence-corrected chi connectivity index (χ2v) is 4.74. The molecule has 0 saturated heterocycles. The second-order valence-electron chi connectivity index (χ2n) is 4.55. The topological polar surface area (TPSA) is 12.4 Å². The summed E-state index contributed by atoms with van der Waals surface area (Å²) >= 11 is 4.60. The van der Waals surface area contributed by atoms with Crippen LogP contribution in [0.2, 0.25) is 0 Å². The molecule has 0 aliphatic carbocycles. The number of rotatable bonds is 5. The van der Waals surface area contributed by atoms with Crippen molar-refractivity contribution in [2.45, 2.75) is 19.8 Å². The maximum atomic E-state index is 4.60. The summed E-state index contributed by atoms with van der Waals surface area (Å²) in [6, 6.07) is 16.7. The highest BCUT2D eigenvalue weighted by molar-refractivity contribution is 7.78. The summed E-state index contributed by atoms with van der Waals surface area (Å²) in [5, 5.41) is 2.38. The molecule has 0 spiro atoms. The maximum Gasteiger partial charge on any atom is 0.0739 e. The Bertz CT molecular complexity index is 617. The van der Waals surface area contributed by atoms with Gasteiger partial charge in [-0.05, 0) is 60.8 Å². The summed E-state index contributed by atoms with van der Waals surface area (Å²) in [5.74, 6) is 0. The quantitative estimate of drug-likeness (QED) is 0.394. The highest BCUT2D eigenvalue weighted by Gasteiger charge is 1.98. The lowest BCUT2D eigenvalue weighted by Crippen LogP contribution is -1.84. The van der Waals surface area contributed by atoms with Gasteiger partial charge in [-0.2, -0.15) is 4.99 Å². The van der Waals surface area contributed by atoms with Crippen molar-refractivity contribution in [3.63, 3.8) is 0 Å². The molecule has 0 N–H and O–H groups in total. The fourth-order valence-electron chi connectivity index (χ4n) is 2.06. The van der Waals surface area contributed by atoms with Crippen LogP contribution in [0.25, 0.3) is 11.1 Å². The molecule has 2 heteroatoms. The Hall–Kier alpha value is -2.02. The molecule has 0 saturated carbocycles. The van der Waals surface area contributed by atoms with Crippen LogP contribution < -0.4 is 0 Å². The number of aryl methyl sites for hydroxylation is 1. The monoisotopic (exact) mass is 279 g/mol. The lowest BCUT2D eigenvalue weighted by atomic mass is 10.0. The SMILES string of the molecule is CC=CCCc1ccc(-c2ccc(N=C=S)cc2)cc1. The number of nitrogens with zero attached hydrogens (tertiary/aromatic N) is 1. The summed E-state index contributed by atoms with van der Waals surface area (Å²) in [6.45, 7) is 2.06. The normalized spacial score (nSPS) is 10.4. The third-order valence-corrected chi connectivity index (χ3v) is 3.26. The molecule has 2 aromatic carbocycles. The Morgan fingerprint density at radius 1 is 1.00 bits per heavy atom. The zero-order valence-electron chi connectivity index (χ0n) is 11.5. The molecule has 0 bridgehead atoms. The number of isothiocyanates is 1. The van der Waals surface area contributed by atoms with E-state index >= 15 is 0 Å². The molecule has 1 nitrogen and oxygen atoms in total. The predicted molar refractivity (Wildman–Crippen MR) is 89.7 cm³/mol. The molecule has 20 heavy (non-hydrogen) atoms. The van der Waals surface area contributed by atoms with Gasteiger partial charge in [-0.1, -0.05) is 48.6 Å². The number of hydrogen-bond acceptors (Lipinski definition) is 2. The fourth-order valence-corrected chi connectivity index (χ4v) is 2.17. The van der Waals surface area contributed by atoms with Crippen molar-refractivity contribution in [2.75, 3.05) is 0 Å². The van der Waals surface area contributed by atoms with E-state index in [1.807, 2.05) is 12.1 Å². The van der Waals surface area contributed by atoms with E-state index in [0.29, 0.717) is 0 Å². The van der Waals surface area contributed by atoms with Gasteiger partial charge >= 0.3 is 0 Å². The van der Waals surface area contributed by atoms with Gasteiger partial charge in [-0.3, -0.25) is 0 Å². The molecule has 2 rings (SSSR count). The molecular weight excluding hydrogens is 262 g/mol. The number of aliphatic imine (C=N–C) groups is 1. The maximum absolute atomic E-state index is 4.60. The number of benzene rings is 2. The highest BCUT2D eigenvalue weighted by Crippen LogP contribution is 2.23. The van der Waals surface area contributed by atoms with Crippen LogP contribution in [0.4, 0.5) is 5.69 Å². The Morgan fingerprint density at radius 3 is 2.15 bits per heavy atom. The molecule has 0 heterocycles. The van der Waals surface area contributed by atoms with E-state index in [4.69, 9.17) is 0 Å². The van der Waals surface area contributed by atoms with Crippen molar-refractivity contribution in [3.8, 4) is 11.1 Å². The van der Waals surface area contributed by atoms with E-state index in [1.54, 1.807) is 0 Å². The third-order valence-electron chi connectivity index (χ3n) is 3.16. The number of thiocarbonyl (C=S) groups is 1. The predicted octanol–water partition coefficient (Wildman–Crippen LogP) is 5.60. The summed E-state index contributed by atoms with van der Waals surface area (Å²) < 4.78 is 0. The average Bonchev–Trinajstić information content (AvgIpc) is 2.49. The molecule has 0 atom stereocenters. The van der Waals surface area contributed by atoms with Gasteiger partial charge in [0.05, 0.1) is 10.8 Å². The van der Waals surface area contributed by atoms with Gasteiger partial charge in [0.1, 0.15) is 0 Å². The van der Waals surface area contributed by atoms with Crippen molar-refractivity contribution < 1.29 is 0 Å². The zero-order valence-corrected chi connectivity index (χ0v) is 12.4. The van der Waals surface area contributed by atoms with Gasteiger partial charge in [-0.25, -0.2) is 0 Å². The lowest BCUT2D eigenvalue weighted by molar-refractivity contribution is 1.000. The third kappa shape index (κ3) is 3.99. The van der Waals surface area contributed by atoms with E-state index in [1.165, 1.54) is 16.7 Å². The van der Waals surface area contributed by atoms with Gasteiger partial charge in [0, 0.05) is 0 Å². The Morgan fingerprint density at radius 2 is 1.60 bits per heavy atom. The van der Waals surface area contributed by atoms with Crippen LogP contribution in [0.15, 0.2) is 65.7 Å². The minimum absolute atomic E-state index is 0.840. The van der Waals surface area contributed by atoms with Gasteiger partial charge in [0.15, 0.2) is 0 Å². The molecule has 0 amide bonds. The van der Waals surface area contributed by atoms with Crippen LogP contribution in [0, 0.1) is 0 Å². The lowest BCUT2D eigenvalue weighted by Gasteiger charge is -2.04. The van der Waals surface area contributed by atoms with E-state index in [2.05, 4.69) is 77.8 Å². The summed E-state index contributed by atoms with van der Waals surface area (Å²) in [4.78, 5) is 3.96. The molecule has 0 aliphatic rings. The van der Waals surface area contributed by atoms with Gasteiger partial charge in [0.25, 0.3) is 0 Å². The minimum Gasteiger partial charge on any atom is -0.195 e. The van der Waals surface area contributed by atoms with Crippen LogP contribution >= 0.6 is 12.2 Å². The standard InChI is InChI=1S/C18H17NS/c1-2-3-4-5-15-6-8-16(9-7-15)17-10-12-18(13-11-17)19-14-20/h2-3,6-13H,4-5H2,1H3. The van der Waals surface area contributed by atoms with Gasteiger partial charge in [-0.15, -0.1) is 0 Å². The summed E-state index contributed by atoms with van der Waals surface area (Å²) in [6.07, 6.45) is 6.48. The molecule has 0 aliphatic heterocycles. The number of hydrogen-bond donors (Lipinski definition) is 0. The summed E-state index contributed by atoms with van der Waals surface area (Å²) in [5.41, 5.74) is 4.62. The van der Waals surface area contributed by atoms with Crippen LogP contribution in [0.5, 0.6) is 0 Å². The van der Waals surface area contributed by atoms with E-state index in [0.717, 1.165) is 18.5 Å². The van der Waals surface area contributed by atoms with Crippen molar-refractivity contribution >= 4 is 23.1 Å². The Labute approximate surface area is 125 Å². The van der Waals surface area contributed by atoms with Crippen molar-refractivity contribution in [3.05, 3.63) is 66.2 Å². The Balaban J connectivity index is 2.10. The smallest absolute Gasteiger partial charge is 0.0739 e. The van der Waals surface area contributed by atoms with Crippen LogP contribution in [0.3, 0.4) is 0 Å². The average molecular weight is 279 g/mol. The first-order valence-corrected chi connectivity index (χ1v) is 7.12. The first-order chi connectivity index (χ1) is 9.83. The van der Waals surface area contributed by atoms with Crippen molar-refractivity contribution in [2.24, 2.45) is 4.99 Å². The van der Waals surface area contributed by atoms with E-state index < -0.39 is 0 Å². The molecule has 0 fully saturated rings. The van der Waals surface area contributed by atoms with Gasteiger partial charge < -0.3 is 0 Å². The highest BCUT2D eigenvalue weighted by atomic mass is 32.1. The van der Waals surface area contributed by atoms with Crippen molar-refractivity contribution in [1.29, 1.82) is 0 Å². The van der Waals surface area contributed by atoms with Crippen molar-refractivity contribution in [1.82, 2.24) is 0 Å². The largest absolute Gasteiger partial charge is 0.195 e. The first kappa shape index (κ1) is 14.4. The molecule has 2 aromatic rings. The van der Waals surface area contributed by atoms with Crippen LogP contribution in [-0.2, 0) is 6.42 Å². The van der Waals surface area contributed by atoms with Gasteiger partial charge in [0.2, 0.25) is 0 Å². The van der Waals surface area contributed by atoms with Crippen LogP contribution in [0.1, 0.15) is 18.9 Å². The molecule has 0 unspecified atom stereocenters. The zero-order chi connectivity index (χ0) is 14.2. The number of allylic oxidation sites excluding steroid dienone is 2. The summed E-state index contributed by atoms with van der Waals surface area (Å²) in [7, 11) is 0. The molecular formula is C18H17NS. The fraction of sp³-hybridized carbons (Fsp3) is 0.167. The molecule has 0 radical (unpaired) electrons. The minimum atomic E-state index is 0.840. The van der Waals surface area contributed by atoms with E-state index in [9.17, 15) is 0 Å².